The van der Waals surface area contributed by atoms with Gasteiger partial charge in [-0.2, -0.15) is 0 Å². The van der Waals surface area contributed by atoms with Crippen LogP contribution in [0.4, 0.5) is 0 Å². The van der Waals surface area contributed by atoms with Crippen molar-refractivity contribution in [3.63, 3.8) is 0 Å². The van der Waals surface area contributed by atoms with Gasteiger partial charge in [-0.1, -0.05) is 55.8 Å². The Morgan fingerprint density at radius 1 is 0.951 bits per heavy atom. The molecule has 7 nitrogen and oxygen atoms in total. The predicted molar refractivity (Wildman–Crippen MR) is 167 cm³/mol. The van der Waals surface area contributed by atoms with Gasteiger partial charge in [0.15, 0.2) is 0 Å². The van der Waals surface area contributed by atoms with Crippen molar-refractivity contribution in [2.24, 2.45) is 0 Å². The number of hydrogen-bond acceptors (Lipinski definition) is 6. The average molecular weight is 572 g/mol. The van der Waals surface area contributed by atoms with E-state index in [-0.39, 0.29) is 11.8 Å². The largest absolute Gasteiger partial charge is 0.352 e. The van der Waals surface area contributed by atoms with Crippen LogP contribution in [0.1, 0.15) is 74.4 Å². The van der Waals surface area contributed by atoms with Gasteiger partial charge < -0.3 is 15.5 Å². The zero-order valence-electron chi connectivity index (χ0n) is 24.7. The lowest BCUT2D eigenvalue weighted by molar-refractivity contribution is 0.0785. The highest BCUT2D eigenvalue weighted by molar-refractivity contribution is 7.09. The lowest BCUT2D eigenvalue weighted by Gasteiger charge is -2.16. The number of hydrogen-bond donors (Lipinski definition) is 2. The fourth-order valence-corrected chi connectivity index (χ4v) is 4.79. The molecule has 0 saturated carbocycles. The first-order valence-electron chi connectivity index (χ1n) is 13.9. The van der Waals surface area contributed by atoms with Crippen LogP contribution in [0.2, 0.25) is 0 Å². The Kier molecular flexibility index (Phi) is 12.7. The third kappa shape index (κ3) is 10.9. The first-order valence-corrected chi connectivity index (χ1v) is 14.8. The third-order valence-electron chi connectivity index (χ3n) is 6.28. The summed E-state index contributed by atoms with van der Waals surface area (Å²) in [5.74, 6) is 0.0960. The molecule has 0 radical (unpaired) electrons. The Labute approximate surface area is 248 Å². The Balaban J connectivity index is 0.000000575. The smallest absolute Gasteiger partial charge is 0.253 e. The third-order valence-corrected chi connectivity index (χ3v) is 7.23. The molecule has 0 aliphatic rings. The van der Waals surface area contributed by atoms with Gasteiger partial charge in [-0.05, 0) is 68.6 Å². The van der Waals surface area contributed by atoms with E-state index in [4.69, 9.17) is 0 Å². The molecule has 41 heavy (non-hydrogen) atoms. The topological polar surface area (TPSA) is 87.2 Å². The molecule has 2 aromatic carbocycles. The number of aromatic nitrogens is 2. The van der Waals surface area contributed by atoms with Gasteiger partial charge in [0.25, 0.3) is 11.8 Å². The van der Waals surface area contributed by atoms with Crippen LogP contribution in [0, 0.1) is 13.8 Å². The summed E-state index contributed by atoms with van der Waals surface area (Å²) in [5.41, 5.74) is 5.55. The summed E-state index contributed by atoms with van der Waals surface area (Å²) >= 11 is 1.54. The summed E-state index contributed by atoms with van der Waals surface area (Å²) in [4.78, 5) is 35.8. The highest BCUT2D eigenvalue weighted by atomic mass is 32.1. The molecule has 0 saturated heterocycles. The van der Waals surface area contributed by atoms with Gasteiger partial charge >= 0.3 is 0 Å². The first kappa shape index (κ1) is 31.6. The highest BCUT2D eigenvalue weighted by Crippen LogP contribution is 2.14. The molecule has 0 bridgehead atoms. The minimum Gasteiger partial charge on any atom is -0.352 e. The molecule has 216 valence electrons. The average Bonchev–Trinajstić information content (AvgIpc) is 3.39. The molecule has 2 heterocycles. The summed E-state index contributed by atoms with van der Waals surface area (Å²) in [6.07, 6.45) is 2.66. The zero-order chi connectivity index (χ0) is 29.6. The van der Waals surface area contributed by atoms with E-state index >= 15 is 0 Å². The Morgan fingerprint density at radius 2 is 1.71 bits per heavy atom. The van der Waals surface area contributed by atoms with Crippen LogP contribution in [0.15, 0.2) is 78.3 Å². The maximum Gasteiger partial charge on any atom is 0.253 e. The standard InChI is InChI=1S/C26H33N5O2S.C7H8/c1-18(2)23-13-20(9-12-28-23)15-27-10-6-11-29-25(32)21-7-5-8-22(14-21)26(33)31(4)16-24-30-19(3)17-34-24;1-7-5-3-2-4-6-7/h5,7-9,12-14,17-18,27H,6,10-11,15-16H2,1-4H3,(H,29,32);2-6H,1H3. The van der Waals surface area contributed by atoms with Gasteiger partial charge in [0.2, 0.25) is 0 Å². The number of amides is 2. The maximum atomic E-state index is 12.8. The monoisotopic (exact) mass is 571 g/mol. The van der Waals surface area contributed by atoms with E-state index < -0.39 is 0 Å². The summed E-state index contributed by atoms with van der Waals surface area (Å²) in [5, 5.41) is 9.20. The number of carbonyl (C=O) groups excluding carboxylic acids is 2. The Morgan fingerprint density at radius 3 is 2.37 bits per heavy atom. The first-order chi connectivity index (χ1) is 19.7. The second kappa shape index (κ2) is 16.4. The number of thiazole rings is 1. The van der Waals surface area contributed by atoms with E-state index in [0.717, 1.165) is 35.9 Å². The van der Waals surface area contributed by atoms with Crippen molar-refractivity contribution in [1.29, 1.82) is 0 Å². The molecule has 2 amide bonds. The number of carbonyl (C=O) groups is 2. The number of aryl methyl sites for hydroxylation is 2. The van der Waals surface area contributed by atoms with Crippen LogP contribution in [0.25, 0.3) is 0 Å². The van der Waals surface area contributed by atoms with E-state index in [2.05, 4.69) is 59.6 Å². The van der Waals surface area contributed by atoms with Crippen LogP contribution in [-0.4, -0.2) is 46.8 Å². The number of benzene rings is 2. The van der Waals surface area contributed by atoms with Gasteiger partial charge in [-0.3, -0.25) is 14.6 Å². The van der Waals surface area contributed by atoms with E-state index in [1.807, 2.05) is 42.8 Å². The fourth-order valence-electron chi connectivity index (χ4n) is 3.97. The van der Waals surface area contributed by atoms with Crippen molar-refractivity contribution in [3.05, 3.63) is 117 Å². The lowest BCUT2D eigenvalue weighted by Crippen LogP contribution is -2.28. The fraction of sp³-hybridized carbons (Fsp3) is 0.333. The zero-order valence-corrected chi connectivity index (χ0v) is 25.5. The van der Waals surface area contributed by atoms with E-state index in [0.29, 0.717) is 30.1 Å². The summed E-state index contributed by atoms with van der Waals surface area (Å²) < 4.78 is 0. The molecule has 2 aromatic heterocycles. The van der Waals surface area contributed by atoms with Crippen LogP contribution in [-0.2, 0) is 13.1 Å². The van der Waals surface area contributed by atoms with Crippen molar-refractivity contribution >= 4 is 23.2 Å². The molecule has 4 rings (SSSR count). The maximum absolute atomic E-state index is 12.8. The Hall–Kier alpha value is -3.88. The van der Waals surface area contributed by atoms with Crippen molar-refractivity contribution in [3.8, 4) is 0 Å². The normalized spacial score (nSPS) is 10.6. The van der Waals surface area contributed by atoms with Gasteiger partial charge in [-0.25, -0.2) is 4.98 Å². The quantitative estimate of drug-likeness (QED) is 0.211. The molecule has 4 aromatic rings. The summed E-state index contributed by atoms with van der Waals surface area (Å²) in [6, 6.07) is 21.3. The van der Waals surface area contributed by atoms with Crippen molar-refractivity contribution in [2.45, 2.75) is 53.1 Å². The number of rotatable bonds is 11. The molecule has 0 unspecified atom stereocenters. The second-order valence-electron chi connectivity index (χ2n) is 10.3. The lowest BCUT2D eigenvalue weighted by atomic mass is 10.1. The molecule has 8 heteroatoms. The summed E-state index contributed by atoms with van der Waals surface area (Å²) in [6.45, 7) is 10.8. The molecule has 0 spiro atoms. The Bertz CT molecular complexity index is 1390. The van der Waals surface area contributed by atoms with Gasteiger partial charge in [0.05, 0.1) is 6.54 Å². The minimum absolute atomic E-state index is 0.136. The van der Waals surface area contributed by atoms with Crippen molar-refractivity contribution < 1.29 is 9.59 Å². The van der Waals surface area contributed by atoms with Gasteiger partial charge in [0, 0.05) is 54.2 Å². The molecule has 0 aliphatic carbocycles. The van der Waals surface area contributed by atoms with Crippen LogP contribution in [0.5, 0.6) is 0 Å². The number of nitrogens with one attached hydrogen (secondary N) is 2. The van der Waals surface area contributed by atoms with Crippen molar-refractivity contribution in [1.82, 2.24) is 25.5 Å². The molecular formula is C33H41N5O2S. The van der Waals surface area contributed by atoms with E-state index in [1.54, 1.807) is 36.2 Å². The number of pyridine rings is 1. The minimum atomic E-state index is -0.177. The van der Waals surface area contributed by atoms with Crippen LogP contribution >= 0.6 is 11.3 Å². The molecule has 0 atom stereocenters. The van der Waals surface area contributed by atoms with Crippen LogP contribution < -0.4 is 10.6 Å². The molecule has 2 N–H and O–H groups in total. The highest BCUT2D eigenvalue weighted by Gasteiger charge is 2.15. The predicted octanol–water partition coefficient (Wildman–Crippen LogP) is 6.15. The molecular weight excluding hydrogens is 530 g/mol. The van der Waals surface area contributed by atoms with Gasteiger partial charge in [-0.15, -0.1) is 11.3 Å². The van der Waals surface area contributed by atoms with Crippen molar-refractivity contribution in [2.75, 3.05) is 20.1 Å². The second-order valence-corrected chi connectivity index (χ2v) is 11.3. The number of nitrogens with zero attached hydrogens (tertiary/aromatic N) is 3. The summed E-state index contributed by atoms with van der Waals surface area (Å²) in [7, 11) is 1.74. The van der Waals surface area contributed by atoms with Crippen LogP contribution in [0.3, 0.4) is 0 Å². The molecule has 0 aliphatic heterocycles. The molecule has 0 fully saturated rings. The van der Waals surface area contributed by atoms with E-state index in [9.17, 15) is 9.59 Å². The van der Waals surface area contributed by atoms with E-state index in [1.165, 1.54) is 22.5 Å². The van der Waals surface area contributed by atoms with Gasteiger partial charge in [0.1, 0.15) is 5.01 Å². The SMILES string of the molecule is Cc1ccccc1.Cc1csc(CN(C)C(=O)c2cccc(C(=O)NCCCNCc3ccnc(C(C)C)c3)c2)n1.